The molecule has 1 aliphatic heterocycles. The molecule has 0 aliphatic carbocycles. The topological polar surface area (TPSA) is 83.7 Å². The number of hydrogen-bond acceptors (Lipinski definition) is 4. The van der Waals surface area contributed by atoms with Gasteiger partial charge < -0.3 is 10.0 Å². The molecule has 1 N–H and O–H groups in total. The molecule has 0 amide bonds. The van der Waals surface area contributed by atoms with Crippen LogP contribution in [0.2, 0.25) is 0 Å². The van der Waals surface area contributed by atoms with Gasteiger partial charge >= 0.3 is 5.97 Å². The van der Waals surface area contributed by atoms with Gasteiger partial charge in [0.05, 0.1) is 10.5 Å². The number of nitrogens with zero attached hydrogens (tertiary/aromatic N) is 2. The fourth-order valence-electron chi connectivity index (χ4n) is 2.83. The number of benzene rings is 1. The summed E-state index contributed by atoms with van der Waals surface area (Å²) in [6.45, 7) is 4.97. The number of rotatable bonds is 4. The standard InChI is InChI=1S/C14H18N2O4/c1-9(2)11-4-3-7-15(11)12-6-5-10(14(17)18)8-13(12)16(19)20/h5-6,8-9,11H,3-4,7H2,1-2H3,(H,17,18). The number of nitro groups is 1. The molecule has 1 saturated heterocycles. The first kappa shape index (κ1) is 14.3. The van der Waals surface area contributed by atoms with E-state index in [1.165, 1.54) is 6.07 Å². The van der Waals surface area contributed by atoms with E-state index in [0.717, 1.165) is 25.5 Å². The second kappa shape index (κ2) is 5.48. The molecule has 1 unspecified atom stereocenters. The van der Waals surface area contributed by atoms with Crippen LogP contribution in [0.5, 0.6) is 0 Å². The van der Waals surface area contributed by atoms with Crippen LogP contribution in [-0.2, 0) is 0 Å². The molecule has 0 saturated carbocycles. The lowest BCUT2D eigenvalue weighted by Gasteiger charge is -2.29. The van der Waals surface area contributed by atoms with E-state index in [4.69, 9.17) is 5.11 Å². The zero-order valence-corrected chi connectivity index (χ0v) is 11.6. The van der Waals surface area contributed by atoms with Crippen LogP contribution < -0.4 is 4.90 Å². The zero-order chi connectivity index (χ0) is 14.9. The highest BCUT2D eigenvalue weighted by molar-refractivity contribution is 5.90. The van der Waals surface area contributed by atoms with E-state index in [1.54, 1.807) is 6.07 Å². The molecule has 1 aromatic rings. The summed E-state index contributed by atoms with van der Waals surface area (Å²) in [7, 11) is 0. The van der Waals surface area contributed by atoms with Crippen molar-refractivity contribution in [1.82, 2.24) is 0 Å². The van der Waals surface area contributed by atoms with Gasteiger partial charge in [0.2, 0.25) is 0 Å². The minimum atomic E-state index is -1.15. The van der Waals surface area contributed by atoms with Gasteiger partial charge in [-0.05, 0) is 30.9 Å². The van der Waals surface area contributed by atoms with Gasteiger partial charge in [0.25, 0.3) is 5.69 Å². The SMILES string of the molecule is CC(C)C1CCCN1c1ccc(C(=O)O)cc1[N+](=O)[O-]. The molecule has 0 spiro atoms. The molecular weight excluding hydrogens is 260 g/mol. The van der Waals surface area contributed by atoms with Crippen molar-refractivity contribution >= 4 is 17.3 Å². The van der Waals surface area contributed by atoms with E-state index in [2.05, 4.69) is 13.8 Å². The molecule has 0 bridgehead atoms. The lowest BCUT2D eigenvalue weighted by atomic mass is 10.0. The smallest absolute Gasteiger partial charge is 0.335 e. The van der Waals surface area contributed by atoms with Gasteiger partial charge in [0.1, 0.15) is 5.69 Å². The minimum Gasteiger partial charge on any atom is -0.478 e. The number of carboxylic acids is 1. The average molecular weight is 278 g/mol. The number of aromatic carboxylic acids is 1. The van der Waals surface area contributed by atoms with Gasteiger partial charge in [0.15, 0.2) is 0 Å². The fourth-order valence-corrected chi connectivity index (χ4v) is 2.83. The Balaban J connectivity index is 2.45. The van der Waals surface area contributed by atoms with Crippen LogP contribution in [0.3, 0.4) is 0 Å². The van der Waals surface area contributed by atoms with Crippen molar-refractivity contribution in [3.8, 4) is 0 Å². The minimum absolute atomic E-state index is 0.0549. The second-order valence-electron chi connectivity index (χ2n) is 5.41. The normalized spacial score (nSPS) is 18.6. The van der Waals surface area contributed by atoms with Gasteiger partial charge in [-0.1, -0.05) is 13.8 Å². The molecule has 2 rings (SSSR count). The summed E-state index contributed by atoms with van der Waals surface area (Å²) in [5.74, 6) is -0.752. The molecule has 1 atom stereocenters. The van der Waals surface area contributed by atoms with Crippen LogP contribution in [0.4, 0.5) is 11.4 Å². The van der Waals surface area contributed by atoms with Crippen LogP contribution >= 0.6 is 0 Å². The van der Waals surface area contributed by atoms with E-state index < -0.39 is 10.9 Å². The summed E-state index contributed by atoms with van der Waals surface area (Å²) in [5.41, 5.74) is 0.342. The summed E-state index contributed by atoms with van der Waals surface area (Å²) in [4.78, 5) is 23.7. The summed E-state index contributed by atoms with van der Waals surface area (Å²) >= 11 is 0. The Bertz CT molecular complexity index is 542. The third-order valence-corrected chi connectivity index (χ3v) is 3.80. The molecular formula is C14H18N2O4. The van der Waals surface area contributed by atoms with Crippen LogP contribution in [0.15, 0.2) is 18.2 Å². The van der Waals surface area contributed by atoms with Crippen molar-refractivity contribution < 1.29 is 14.8 Å². The van der Waals surface area contributed by atoms with Crippen LogP contribution in [0, 0.1) is 16.0 Å². The van der Waals surface area contributed by atoms with Gasteiger partial charge in [-0.3, -0.25) is 10.1 Å². The molecule has 20 heavy (non-hydrogen) atoms. The van der Waals surface area contributed by atoms with E-state index in [-0.39, 0.29) is 17.3 Å². The first-order valence-corrected chi connectivity index (χ1v) is 6.70. The maximum atomic E-state index is 11.2. The van der Waals surface area contributed by atoms with E-state index in [9.17, 15) is 14.9 Å². The number of hydrogen-bond donors (Lipinski definition) is 1. The van der Waals surface area contributed by atoms with Crippen LogP contribution in [-0.4, -0.2) is 28.6 Å². The summed E-state index contributed by atoms with van der Waals surface area (Å²) in [6.07, 6.45) is 2.01. The number of anilines is 1. The Morgan fingerprint density at radius 2 is 2.20 bits per heavy atom. The van der Waals surface area contributed by atoms with Crippen LogP contribution in [0.25, 0.3) is 0 Å². The molecule has 1 aliphatic rings. The molecule has 6 nitrogen and oxygen atoms in total. The highest BCUT2D eigenvalue weighted by Gasteiger charge is 2.31. The summed E-state index contributed by atoms with van der Waals surface area (Å²) in [5, 5.41) is 20.2. The molecule has 0 radical (unpaired) electrons. The largest absolute Gasteiger partial charge is 0.478 e. The highest BCUT2D eigenvalue weighted by atomic mass is 16.6. The van der Waals surface area contributed by atoms with E-state index in [0.29, 0.717) is 11.6 Å². The monoisotopic (exact) mass is 278 g/mol. The van der Waals surface area contributed by atoms with Crippen molar-refractivity contribution in [1.29, 1.82) is 0 Å². The molecule has 1 aromatic carbocycles. The van der Waals surface area contributed by atoms with Gasteiger partial charge in [-0.2, -0.15) is 0 Å². The molecule has 0 aromatic heterocycles. The third kappa shape index (κ3) is 2.59. The Kier molecular flexibility index (Phi) is 3.92. The first-order valence-electron chi connectivity index (χ1n) is 6.70. The van der Waals surface area contributed by atoms with E-state index >= 15 is 0 Å². The van der Waals surface area contributed by atoms with Gasteiger partial charge in [-0.15, -0.1) is 0 Å². The van der Waals surface area contributed by atoms with Gasteiger partial charge in [-0.25, -0.2) is 4.79 Å². The average Bonchev–Trinajstić information content (AvgIpc) is 2.86. The first-order chi connectivity index (χ1) is 9.41. The lowest BCUT2D eigenvalue weighted by molar-refractivity contribution is -0.384. The van der Waals surface area contributed by atoms with Crippen molar-refractivity contribution in [2.24, 2.45) is 5.92 Å². The summed E-state index contributed by atoms with van der Waals surface area (Å²) < 4.78 is 0. The zero-order valence-electron chi connectivity index (χ0n) is 11.6. The molecule has 1 fully saturated rings. The van der Waals surface area contributed by atoms with Gasteiger partial charge in [0, 0.05) is 18.7 Å². The van der Waals surface area contributed by atoms with E-state index in [1.807, 2.05) is 4.90 Å². The Morgan fingerprint density at radius 3 is 2.75 bits per heavy atom. The number of carboxylic acid groups (broad SMARTS) is 1. The third-order valence-electron chi connectivity index (χ3n) is 3.80. The van der Waals surface area contributed by atoms with Crippen molar-refractivity contribution in [3.05, 3.63) is 33.9 Å². The predicted octanol–water partition coefficient (Wildman–Crippen LogP) is 2.92. The quantitative estimate of drug-likeness (QED) is 0.676. The molecule has 108 valence electrons. The lowest BCUT2D eigenvalue weighted by Crippen LogP contribution is -2.33. The summed E-state index contributed by atoms with van der Waals surface area (Å²) in [6, 6.07) is 4.40. The Hall–Kier alpha value is -2.11. The van der Waals surface area contributed by atoms with Crippen molar-refractivity contribution in [3.63, 3.8) is 0 Å². The molecule has 1 heterocycles. The fraction of sp³-hybridized carbons (Fsp3) is 0.500. The number of carbonyl (C=O) groups is 1. The maximum Gasteiger partial charge on any atom is 0.335 e. The van der Waals surface area contributed by atoms with Crippen LogP contribution in [0.1, 0.15) is 37.0 Å². The van der Waals surface area contributed by atoms with Crippen molar-refractivity contribution in [2.45, 2.75) is 32.7 Å². The number of nitro benzene ring substituents is 1. The maximum absolute atomic E-state index is 11.2. The molecule has 6 heteroatoms. The predicted molar refractivity (Wildman–Crippen MR) is 75.3 cm³/mol. The highest BCUT2D eigenvalue weighted by Crippen LogP contribution is 2.36. The Labute approximate surface area is 117 Å². The second-order valence-corrected chi connectivity index (χ2v) is 5.41. The van der Waals surface area contributed by atoms with Crippen molar-refractivity contribution in [2.75, 3.05) is 11.4 Å². The Morgan fingerprint density at radius 1 is 1.50 bits per heavy atom.